The minimum absolute atomic E-state index is 0.227. The van der Waals surface area contributed by atoms with Crippen molar-refractivity contribution < 1.29 is 9.47 Å². The molecule has 4 nitrogen and oxygen atoms in total. The average molecular weight is 290 g/mol. The largest absolute Gasteiger partial charge is 0.475 e. The molecule has 4 heteroatoms. The third-order valence-electron chi connectivity index (χ3n) is 4.26. The summed E-state index contributed by atoms with van der Waals surface area (Å²) in [6.45, 7) is 6.50. The zero-order valence-corrected chi connectivity index (χ0v) is 13.2. The normalized spacial score (nSPS) is 22.3. The van der Waals surface area contributed by atoms with Crippen molar-refractivity contribution in [1.29, 1.82) is 0 Å². The van der Waals surface area contributed by atoms with Crippen molar-refractivity contribution in [3.05, 3.63) is 22.9 Å². The van der Waals surface area contributed by atoms with E-state index in [-0.39, 0.29) is 6.10 Å². The van der Waals surface area contributed by atoms with E-state index in [9.17, 15) is 0 Å². The summed E-state index contributed by atoms with van der Waals surface area (Å²) in [4.78, 5) is 4.60. The lowest BCUT2D eigenvalue weighted by Gasteiger charge is -2.23. The fraction of sp³-hybridized carbons (Fsp3) is 0.706. The van der Waals surface area contributed by atoms with Crippen LogP contribution in [0.2, 0.25) is 0 Å². The molecule has 1 aliphatic carbocycles. The maximum absolute atomic E-state index is 6.01. The van der Waals surface area contributed by atoms with Gasteiger partial charge in [0.1, 0.15) is 6.61 Å². The zero-order chi connectivity index (χ0) is 14.7. The number of pyridine rings is 1. The standard InChI is InChI=1S/C17H26N2O2/c1-12-9-13(2)19-17(16(12)10-18-14-6-7-14)21-11-15-5-3-4-8-20-15/h9,14-15,18H,3-8,10-11H2,1-2H3. The number of nitrogens with one attached hydrogen (secondary N) is 1. The first kappa shape index (κ1) is 14.8. The van der Waals surface area contributed by atoms with Crippen LogP contribution in [0.5, 0.6) is 5.88 Å². The van der Waals surface area contributed by atoms with E-state index >= 15 is 0 Å². The molecule has 2 heterocycles. The zero-order valence-electron chi connectivity index (χ0n) is 13.2. The first-order valence-electron chi connectivity index (χ1n) is 8.17. The maximum atomic E-state index is 6.01. The minimum atomic E-state index is 0.227. The summed E-state index contributed by atoms with van der Waals surface area (Å²) >= 11 is 0. The lowest BCUT2D eigenvalue weighted by molar-refractivity contribution is -0.0121. The van der Waals surface area contributed by atoms with E-state index in [2.05, 4.69) is 23.3 Å². The van der Waals surface area contributed by atoms with Gasteiger partial charge in [-0.2, -0.15) is 0 Å². The summed E-state index contributed by atoms with van der Waals surface area (Å²) in [6, 6.07) is 2.83. The van der Waals surface area contributed by atoms with Crippen LogP contribution >= 0.6 is 0 Å². The molecule has 0 spiro atoms. The van der Waals surface area contributed by atoms with Gasteiger partial charge in [-0.05, 0) is 57.6 Å². The summed E-state index contributed by atoms with van der Waals surface area (Å²) in [5.41, 5.74) is 3.47. The van der Waals surface area contributed by atoms with Gasteiger partial charge in [0.05, 0.1) is 6.10 Å². The Hall–Kier alpha value is -1.13. The molecule has 1 unspecified atom stereocenters. The highest BCUT2D eigenvalue weighted by molar-refractivity contribution is 5.36. The quantitative estimate of drug-likeness (QED) is 0.875. The molecule has 1 N–H and O–H groups in total. The molecule has 0 bridgehead atoms. The number of aromatic nitrogens is 1. The third kappa shape index (κ3) is 4.17. The van der Waals surface area contributed by atoms with Gasteiger partial charge >= 0.3 is 0 Å². The Kier molecular flexibility index (Phi) is 4.76. The fourth-order valence-electron chi connectivity index (χ4n) is 2.81. The molecule has 0 radical (unpaired) electrons. The molecule has 3 rings (SSSR count). The predicted octanol–water partition coefficient (Wildman–Crippen LogP) is 2.90. The van der Waals surface area contributed by atoms with Crippen LogP contribution in [0.15, 0.2) is 6.07 Å². The van der Waals surface area contributed by atoms with Crippen LogP contribution < -0.4 is 10.1 Å². The number of hydrogen-bond donors (Lipinski definition) is 1. The first-order chi connectivity index (χ1) is 10.2. The highest BCUT2D eigenvalue weighted by atomic mass is 16.5. The van der Waals surface area contributed by atoms with Gasteiger partial charge in [0, 0.05) is 30.5 Å². The van der Waals surface area contributed by atoms with Crippen LogP contribution in [0.1, 0.15) is 48.9 Å². The molecule has 2 aliphatic rings. The van der Waals surface area contributed by atoms with Gasteiger partial charge in [-0.1, -0.05) is 0 Å². The van der Waals surface area contributed by atoms with E-state index in [4.69, 9.17) is 9.47 Å². The molecular weight excluding hydrogens is 264 g/mol. The van der Waals surface area contributed by atoms with Gasteiger partial charge in [-0.3, -0.25) is 0 Å². The average Bonchev–Trinajstić information content (AvgIpc) is 3.29. The summed E-state index contributed by atoms with van der Waals surface area (Å²) < 4.78 is 11.8. The monoisotopic (exact) mass is 290 g/mol. The van der Waals surface area contributed by atoms with E-state index < -0.39 is 0 Å². The number of nitrogens with zero attached hydrogens (tertiary/aromatic N) is 1. The SMILES string of the molecule is Cc1cc(C)c(CNC2CC2)c(OCC2CCCCO2)n1. The maximum Gasteiger partial charge on any atom is 0.218 e. The van der Waals surface area contributed by atoms with Gasteiger partial charge in [0.25, 0.3) is 0 Å². The molecule has 2 fully saturated rings. The van der Waals surface area contributed by atoms with Crippen molar-refractivity contribution in [1.82, 2.24) is 10.3 Å². The Labute approximate surface area is 127 Å². The van der Waals surface area contributed by atoms with E-state index in [0.717, 1.165) is 31.1 Å². The van der Waals surface area contributed by atoms with E-state index in [1.807, 2.05) is 6.92 Å². The Morgan fingerprint density at radius 3 is 2.86 bits per heavy atom. The Morgan fingerprint density at radius 1 is 1.29 bits per heavy atom. The van der Waals surface area contributed by atoms with Gasteiger partial charge in [0.2, 0.25) is 5.88 Å². The van der Waals surface area contributed by atoms with Gasteiger partial charge < -0.3 is 14.8 Å². The van der Waals surface area contributed by atoms with E-state index in [1.165, 1.54) is 36.8 Å². The number of rotatable bonds is 6. The first-order valence-corrected chi connectivity index (χ1v) is 8.17. The fourth-order valence-corrected chi connectivity index (χ4v) is 2.81. The van der Waals surface area contributed by atoms with Crippen molar-refractivity contribution in [2.24, 2.45) is 0 Å². The van der Waals surface area contributed by atoms with Crippen LogP contribution in [0.25, 0.3) is 0 Å². The van der Waals surface area contributed by atoms with Crippen LogP contribution in [0.3, 0.4) is 0 Å². The lowest BCUT2D eigenvalue weighted by atomic mass is 10.1. The Morgan fingerprint density at radius 2 is 2.14 bits per heavy atom. The molecule has 1 saturated carbocycles. The second-order valence-electron chi connectivity index (χ2n) is 6.32. The predicted molar refractivity (Wildman–Crippen MR) is 82.7 cm³/mol. The summed E-state index contributed by atoms with van der Waals surface area (Å²) in [5, 5.41) is 3.56. The van der Waals surface area contributed by atoms with Gasteiger partial charge in [-0.15, -0.1) is 0 Å². The van der Waals surface area contributed by atoms with Crippen molar-refractivity contribution in [2.75, 3.05) is 13.2 Å². The minimum Gasteiger partial charge on any atom is -0.475 e. The topological polar surface area (TPSA) is 43.4 Å². The highest BCUT2D eigenvalue weighted by Gasteiger charge is 2.22. The van der Waals surface area contributed by atoms with Crippen LogP contribution in [0, 0.1) is 13.8 Å². The second-order valence-corrected chi connectivity index (χ2v) is 6.32. The summed E-state index contributed by atoms with van der Waals surface area (Å²) in [6.07, 6.45) is 6.33. The van der Waals surface area contributed by atoms with Gasteiger partial charge in [0.15, 0.2) is 0 Å². The van der Waals surface area contributed by atoms with E-state index in [1.54, 1.807) is 0 Å². The number of ether oxygens (including phenoxy) is 2. The molecule has 1 aromatic heterocycles. The van der Waals surface area contributed by atoms with Crippen LogP contribution in [-0.2, 0) is 11.3 Å². The van der Waals surface area contributed by atoms with Crippen molar-refractivity contribution >= 4 is 0 Å². The molecule has 116 valence electrons. The van der Waals surface area contributed by atoms with Crippen LogP contribution in [-0.4, -0.2) is 30.3 Å². The summed E-state index contributed by atoms with van der Waals surface area (Å²) in [7, 11) is 0. The number of hydrogen-bond acceptors (Lipinski definition) is 4. The highest BCUT2D eigenvalue weighted by Crippen LogP contribution is 2.25. The molecule has 1 aliphatic heterocycles. The molecule has 0 amide bonds. The van der Waals surface area contributed by atoms with E-state index in [0.29, 0.717) is 12.6 Å². The second kappa shape index (κ2) is 6.75. The molecule has 21 heavy (non-hydrogen) atoms. The summed E-state index contributed by atoms with van der Waals surface area (Å²) in [5.74, 6) is 0.787. The van der Waals surface area contributed by atoms with Crippen LogP contribution in [0.4, 0.5) is 0 Å². The Bertz CT molecular complexity index is 480. The smallest absolute Gasteiger partial charge is 0.218 e. The van der Waals surface area contributed by atoms with Crippen molar-refractivity contribution in [3.63, 3.8) is 0 Å². The van der Waals surface area contributed by atoms with Gasteiger partial charge in [-0.25, -0.2) is 4.98 Å². The lowest BCUT2D eigenvalue weighted by Crippen LogP contribution is -2.26. The number of aryl methyl sites for hydroxylation is 2. The molecule has 1 aromatic rings. The Balaban J connectivity index is 1.65. The molecule has 0 aromatic carbocycles. The molecular formula is C17H26N2O2. The molecule has 1 atom stereocenters. The molecule has 1 saturated heterocycles. The van der Waals surface area contributed by atoms with Crippen molar-refractivity contribution in [2.45, 2.75) is 64.6 Å². The third-order valence-corrected chi connectivity index (χ3v) is 4.26. The van der Waals surface area contributed by atoms with Crippen molar-refractivity contribution in [3.8, 4) is 5.88 Å².